The van der Waals surface area contributed by atoms with Crippen LogP contribution < -0.4 is 10.6 Å². The minimum absolute atomic E-state index is 0.0502. The Labute approximate surface area is 191 Å². The summed E-state index contributed by atoms with van der Waals surface area (Å²) in [7, 11) is 0. The number of nitrogens with zero attached hydrogens (tertiary/aromatic N) is 6. The number of pyridine rings is 1. The normalized spacial score (nSPS) is 16.2. The predicted octanol–water partition coefficient (Wildman–Crippen LogP) is 1.39. The van der Waals surface area contributed by atoms with Crippen LogP contribution in [-0.4, -0.2) is 69.1 Å². The van der Waals surface area contributed by atoms with Crippen LogP contribution in [0.3, 0.4) is 0 Å². The monoisotopic (exact) mass is 449 g/mol. The first-order valence-electron chi connectivity index (χ1n) is 11.2. The van der Waals surface area contributed by atoms with Crippen LogP contribution in [0.25, 0.3) is 0 Å². The molecule has 5 heterocycles. The van der Waals surface area contributed by atoms with E-state index in [2.05, 4.69) is 15.0 Å². The van der Waals surface area contributed by atoms with Gasteiger partial charge in [-0.2, -0.15) is 5.10 Å². The maximum atomic E-state index is 13.2. The summed E-state index contributed by atoms with van der Waals surface area (Å²) in [6.07, 6.45) is 4.28. The van der Waals surface area contributed by atoms with Crippen molar-refractivity contribution in [3.8, 4) is 0 Å². The number of carbonyl (C=O) groups excluding carboxylic acids is 2. The maximum Gasteiger partial charge on any atom is 0.272 e. The van der Waals surface area contributed by atoms with Crippen molar-refractivity contribution in [2.75, 3.05) is 43.4 Å². The molecule has 10 heteroatoms. The second-order valence-corrected chi connectivity index (χ2v) is 8.30. The number of nitrogens with two attached hydrogens (primary N) is 1. The van der Waals surface area contributed by atoms with E-state index >= 15 is 0 Å². The van der Waals surface area contributed by atoms with Crippen molar-refractivity contribution in [1.29, 1.82) is 0 Å². The topological polar surface area (TPSA) is 114 Å². The molecule has 0 unspecified atom stereocenters. The van der Waals surface area contributed by atoms with Crippen LogP contribution in [0, 0.1) is 0 Å². The Hall–Kier alpha value is -3.82. The minimum atomic E-state index is -0.131. The van der Waals surface area contributed by atoms with Crippen molar-refractivity contribution < 1.29 is 14.0 Å². The largest absolute Gasteiger partial charge is 0.467 e. The van der Waals surface area contributed by atoms with Gasteiger partial charge in [-0.25, -0.2) is 4.98 Å². The second-order valence-electron chi connectivity index (χ2n) is 8.30. The highest BCUT2D eigenvalue weighted by molar-refractivity contribution is 5.96. The first-order valence-corrected chi connectivity index (χ1v) is 11.2. The van der Waals surface area contributed by atoms with E-state index in [1.165, 1.54) is 0 Å². The van der Waals surface area contributed by atoms with Crippen LogP contribution >= 0.6 is 0 Å². The Kier molecular flexibility index (Phi) is 5.72. The van der Waals surface area contributed by atoms with E-state index in [4.69, 9.17) is 10.2 Å². The third-order valence-electron chi connectivity index (χ3n) is 6.27. The summed E-state index contributed by atoms with van der Waals surface area (Å²) in [6.45, 7) is 4.05. The molecule has 3 aromatic rings. The van der Waals surface area contributed by atoms with Crippen molar-refractivity contribution in [1.82, 2.24) is 24.6 Å². The lowest BCUT2D eigenvalue weighted by atomic mass is 10.1. The Bertz CT molecular complexity index is 1120. The second kappa shape index (κ2) is 8.97. The maximum absolute atomic E-state index is 13.2. The summed E-state index contributed by atoms with van der Waals surface area (Å²) in [4.78, 5) is 36.2. The molecule has 0 saturated carbocycles. The molecule has 33 heavy (non-hydrogen) atoms. The van der Waals surface area contributed by atoms with Gasteiger partial charge in [0.1, 0.15) is 23.1 Å². The predicted molar refractivity (Wildman–Crippen MR) is 121 cm³/mol. The number of aryl methyl sites for hydroxylation is 1. The molecule has 0 radical (unpaired) electrons. The summed E-state index contributed by atoms with van der Waals surface area (Å²) < 4.78 is 6.99. The summed E-state index contributed by atoms with van der Waals surface area (Å²) in [5.41, 5.74) is 7.35. The van der Waals surface area contributed by atoms with Gasteiger partial charge in [0.25, 0.3) is 5.91 Å². The number of carbonyl (C=O) groups is 2. The Balaban J connectivity index is 1.20. The molecule has 172 valence electrons. The fourth-order valence-electron chi connectivity index (χ4n) is 4.49. The molecule has 2 aliphatic heterocycles. The van der Waals surface area contributed by atoms with Gasteiger partial charge in [0, 0.05) is 50.9 Å². The highest BCUT2D eigenvalue weighted by atomic mass is 16.3. The average molecular weight is 450 g/mol. The number of hydrogen-bond donors (Lipinski definition) is 1. The Morgan fingerprint density at radius 1 is 1.09 bits per heavy atom. The summed E-state index contributed by atoms with van der Waals surface area (Å²) in [6, 6.07) is 9.49. The van der Waals surface area contributed by atoms with Gasteiger partial charge in [-0.3, -0.25) is 14.3 Å². The van der Waals surface area contributed by atoms with E-state index in [1.54, 1.807) is 28.1 Å². The molecule has 0 atom stereocenters. The van der Waals surface area contributed by atoms with Crippen LogP contribution in [0.2, 0.25) is 0 Å². The molecular formula is C23H27N7O3. The zero-order valence-electron chi connectivity index (χ0n) is 18.4. The number of aromatic nitrogens is 3. The van der Waals surface area contributed by atoms with E-state index in [9.17, 15) is 9.59 Å². The highest BCUT2D eigenvalue weighted by Crippen LogP contribution is 2.26. The number of fused-ring (bicyclic) bond motifs is 1. The molecule has 0 aromatic carbocycles. The number of anilines is 2. The third-order valence-corrected chi connectivity index (χ3v) is 6.27. The van der Waals surface area contributed by atoms with Gasteiger partial charge in [-0.05, 0) is 30.7 Å². The molecule has 1 fully saturated rings. The first-order chi connectivity index (χ1) is 16.1. The van der Waals surface area contributed by atoms with E-state index < -0.39 is 0 Å². The lowest BCUT2D eigenvalue weighted by Crippen LogP contribution is -2.49. The van der Waals surface area contributed by atoms with Gasteiger partial charge in [-0.1, -0.05) is 6.07 Å². The standard InChI is InChI=1S/C23H27N7O3/c24-22-18-6-9-29(16-17-4-3-15-33-17)23(32)21(18)30(26-22)10-7-20(31)28-13-11-27(12-14-28)19-5-1-2-8-25-19/h1-5,8,15H,6-7,9-14,16H2,(H2,24,26). The van der Waals surface area contributed by atoms with E-state index in [0.717, 1.165) is 30.2 Å². The van der Waals surface area contributed by atoms with Crippen molar-refractivity contribution in [2.24, 2.45) is 0 Å². The molecule has 2 amide bonds. The third kappa shape index (κ3) is 4.28. The van der Waals surface area contributed by atoms with E-state index in [0.29, 0.717) is 50.7 Å². The molecule has 2 N–H and O–H groups in total. The van der Waals surface area contributed by atoms with E-state index in [1.807, 2.05) is 29.2 Å². The smallest absolute Gasteiger partial charge is 0.272 e. The van der Waals surface area contributed by atoms with Crippen molar-refractivity contribution in [2.45, 2.75) is 25.9 Å². The first kappa shape index (κ1) is 21.0. The number of nitrogen functional groups attached to an aromatic ring is 1. The fraction of sp³-hybridized carbons (Fsp3) is 0.391. The molecule has 5 rings (SSSR count). The molecular weight excluding hydrogens is 422 g/mol. The summed E-state index contributed by atoms with van der Waals surface area (Å²) in [5.74, 6) is 1.95. The molecule has 0 aliphatic carbocycles. The van der Waals surface area contributed by atoms with Gasteiger partial charge in [-0.15, -0.1) is 0 Å². The molecule has 2 aliphatic rings. The van der Waals surface area contributed by atoms with Crippen LogP contribution in [0.15, 0.2) is 47.2 Å². The molecule has 0 bridgehead atoms. The highest BCUT2D eigenvalue weighted by Gasteiger charge is 2.32. The van der Waals surface area contributed by atoms with Crippen LogP contribution in [0.5, 0.6) is 0 Å². The van der Waals surface area contributed by atoms with Crippen molar-refractivity contribution in [3.63, 3.8) is 0 Å². The van der Waals surface area contributed by atoms with Gasteiger partial charge >= 0.3 is 0 Å². The van der Waals surface area contributed by atoms with Crippen LogP contribution in [0.4, 0.5) is 11.6 Å². The zero-order valence-corrected chi connectivity index (χ0v) is 18.4. The number of rotatable bonds is 6. The van der Waals surface area contributed by atoms with E-state index in [-0.39, 0.29) is 18.2 Å². The van der Waals surface area contributed by atoms with Crippen LogP contribution in [0.1, 0.15) is 28.2 Å². The molecule has 3 aromatic heterocycles. The molecule has 1 saturated heterocycles. The number of furan rings is 1. The quantitative estimate of drug-likeness (QED) is 0.605. The Morgan fingerprint density at radius 3 is 2.67 bits per heavy atom. The van der Waals surface area contributed by atoms with Gasteiger partial charge in [0.15, 0.2) is 0 Å². The lowest BCUT2D eigenvalue weighted by Gasteiger charge is -2.35. The van der Waals surface area contributed by atoms with Crippen LogP contribution in [-0.2, 0) is 24.3 Å². The number of amides is 2. The zero-order chi connectivity index (χ0) is 22.8. The Morgan fingerprint density at radius 2 is 1.94 bits per heavy atom. The van der Waals surface area contributed by atoms with Gasteiger partial charge in [0.05, 0.1) is 19.4 Å². The van der Waals surface area contributed by atoms with Gasteiger partial charge < -0.3 is 24.9 Å². The number of piperazine rings is 1. The number of hydrogen-bond acceptors (Lipinski definition) is 7. The SMILES string of the molecule is Nc1nn(CCC(=O)N2CCN(c3ccccn3)CC2)c2c1CCN(Cc1ccco1)C2=O. The minimum Gasteiger partial charge on any atom is -0.467 e. The molecule has 0 spiro atoms. The average Bonchev–Trinajstić information content (AvgIpc) is 3.48. The molecule has 10 nitrogen and oxygen atoms in total. The summed E-state index contributed by atoms with van der Waals surface area (Å²) >= 11 is 0. The van der Waals surface area contributed by atoms with Crippen molar-refractivity contribution >= 4 is 23.5 Å². The summed E-state index contributed by atoms with van der Waals surface area (Å²) in [5, 5.41) is 4.38. The van der Waals surface area contributed by atoms with Crippen molar-refractivity contribution in [3.05, 3.63) is 59.8 Å². The lowest BCUT2D eigenvalue weighted by molar-refractivity contribution is -0.131. The fourth-order valence-corrected chi connectivity index (χ4v) is 4.49. The van der Waals surface area contributed by atoms with Gasteiger partial charge in [0.2, 0.25) is 5.91 Å².